The summed E-state index contributed by atoms with van der Waals surface area (Å²) in [5.74, 6) is 0. The van der Waals surface area contributed by atoms with Crippen LogP contribution < -0.4 is 5.32 Å². The van der Waals surface area contributed by atoms with Crippen LogP contribution in [0.15, 0.2) is 0 Å². The van der Waals surface area contributed by atoms with Crippen LogP contribution in [-0.4, -0.2) is 48.8 Å². The molecule has 2 atom stereocenters. The smallest absolute Gasteiger partial charge is 0.0597 e. The minimum absolute atomic E-state index is 0.289. The van der Waals surface area contributed by atoms with E-state index in [4.69, 9.17) is 4.74 Å². The molecule has 3 nitrogen and oxygen atoms in total. The lowest BCUT2D eigenvalue weighted by Gasteiger charge is -2.45. The first-order valence-electron chi connectivity index (χ1n) is 8.23. The van der Waals surface area contributed by atoms with Gasteiger partial charge in [-0.05, 0) is 33.1 Å². The van der Waals surface area contributed by atoms with Gasteiger partial charge in [0.1, 0.15) is 0 Å². The fraction of sp³-hybridized carbons (Fsp3) is 1.00. The van der Waals surface area contributed by atoms with E-state index in [2.05, 4.69) is 31.0 Å². The molecule has 2 rings (SSSR count). The third-order valence-corrected chi connectivity index (χ3v) is 5.06. The van der Waals surface area contributed by atoms with Crippen LogP contribution in [0.4, 0.5) is 0 Å². The van der Waals surface area contributed by atoms with E-state index in [1.807, 2.05) is 0 Å². The lowest BCUT2D eigenvalue weighted by molar-refractivity contribution is -0.00107. The predicted octanol–water partition coefficient (Wildman–Crippen LogP) is 2.80. The van der Waals surface area contributed by atoms with Gasteiger partial charge >= 0.3 is 0 Å². The van der Waals surface area contributed by atoms with E-state index >= 15 is 0 Å². The van der Waals surface area contributed by atoms with Crippen molar-refractivity contribution in [3.63, 3.8) is 0 Å². The van der Waals surface area contributed by atoms with E-state index in [1.165, 1.54) is 38.5 Å². The number of piperazine rings is 1. The average Bonchev–Trinajstić information content (AvgIpc) is 2.44. The summed E-state index contributed by atoms with van der Waals surface area (Å²) in [6.45, 7) is 11.2. The highest BCUT2D eigenvalue weighted by Crippen LogP contribution is 2.21. The van der Waals surface area contributed by atoms with Crippen molar-refractivity contribution in [3.05, 3.63) is 0 Å². The Morgan fingerprint density at radius 1 is 1.26 bits per heavy atom. The molecule has 0 bridgehead atoms. The van der Waals surface area contributed by atoms with E-state index in [9.17, 15) is 0 Å². The Morgan fingerprint density at radius 3 is 2.68 bits per heavy atom. The SMILES string of the molecule is CCC1(C)CN(CCOC2CCCCC2)C(C)CN1. The zero-order valence-corrected chi connectivity index (χ0v) is 13.1. The van der Waals surface area contributed by atoms with Crippen molar-refractivity contribution in [2.45, 2.75) is 77.0 Å². The largest absolute Gasteiger partial charge is 0.377 e. The minimum Gasteiger partial charge on any atom is -0.377 e. The van der Waals surface area contributed by atoms with Gasteiger partial charge in [-0.1, -0.05) is 26.2 Å². The number of nitrogens with zero attached hydrogens (tertiary/aromatic N) is 1. The summed E-state index contributed by atoms with van der Waals surface area (Å²) in [6.07, 6.45) is 8.44. The Bertz CT molecular complexity index is 265. The average molecular weight is 268 g/mol. The molecule has 19 heavy (non-hydrogen) atoms. The molecule has 0 radical (unpaired) electrons. The second kappa shape index (κ2) is 7.05. The minimum atomic E-state index is 0.289. The van der Waals surface area contributed by atoms with Crippen LogP contribution in [0.5, 0.6) is 0 Å². The second-order valence-corrected chi connectivity index (χ2v) is 6.75. The lowest BCUT2D eigenvalue weighted by Crippen LogP contribution is -2.62. The van der Waals surface area contributed by atoms with E-state index in [-0.39, 0.29) is 5.54 Å². The highest BCUT2D eigenvalue weighted by molar-refractivity contribution is 4.92. The van der Waals surface area contributed by atoms with Gasteiger partial charge in [-0.25, -0.2) is 0 Å². The second-order valence-electron chi connectivity index (χ2n) is 6.75. The third kappa shape index (κ3) is 4.44. The van der Waals surface area contributed by atoms with E-state index in [0.29, 0.717) is 12.1 Å². The Morgan fingerprint density at radius 2 is 2.00 bits per heavy atom. The van der Waals surface area contributed by atoms with Gasteiger partial charge in [0.15, 0.2) is 0 Å². The van der Waals surface area contributed by atoms with Crippen molar-refractivity contribution in [1.29, 1.82) is 0 Å². The highest BCUT2D eigenvalue weighted by Gasteiger charge is 2.32. The van der Waals surface area contributed by atoms with E-state index < -0.39 is 0 Å². The molecular formula is C16H32N2O. The van der Waals surface area contributed by atoms with Crippen LogP contribution in [-0.2, 0) is 4.74 Å². The highest BCUT2D eigenvalue weighted by atomic mass is 16.5. The fourth-order valence-corrected chi connectivity index (χ4v) is 3.29. The molecule has 1 aliphatic carbocycles. The Balaban J connectivity index is 1.71. The molecule has 0 spiro atoms. The molecule has 0 aromatic heterocycles. The molecule has 2 aliphatic rings. The number of hydrogen-bond donors (Lipinski definition) is 1. The number of rotatable bonds is 5. The van der Waals surface area contributed by atoms with Crippen molar-refractivity contribution in [3.8, 4) is 0 Å². The quantitative estimate of drug-likeness (QED) is 0.830. The van der Waals surface area contributed by atoms with Gasteiger partial charge in [-0.2, -0.15) is 0 Å². The van der Waals surface area contributed by atoms with Gasteiger partial charge in [0.05, 0.1) is 12.7 Å². The molecule has 1 N–H and O–H groups in total. The monoisotopic (exact) mass is 268 g/mol. The van der Waals surface area contributed by atoms with Crippen LogP contribution in [0.25, 0.3) is 0 Å². The van der Waals surface area contributed by atoms with Crippen molar-refractivity contribution in [2.75, 3.05) is 26.2 Å². The van der Waals surface area contributed by atoms with Crippen LogP contribution >= 0.6 is 0 Å². The molecule has 1 saturated carbocycles. The number of ether oxygens (including phenoxy) is 1. The third-order valence-electron chi connectivity index (χ3n) is 5.06. The zero-order valence-electron chi connectivity index (χ0n) is 13.1. The topological polar surface area (TPSA) is 24.5 Å². The molecule has 2 unspecified atom stereocenters. The van der Waals surface area contributed by atoms with Crippen LogP contribution in [0, 0.1) is 0 Å². The first-order valence-corrected chi connectivity index (χ1v) is 8.23. The van der Waals surface area contributed by atoms with Gasteiger partial charge in [0.2, 0.25) is 0 Å². The van der Waals surface area contributed by atoms with Crippen LogP contribution in [0.3, 0.4) is 0 Å². The molecule has 1 aliphatic heterocycles. The maximum Gasteiger partial charge on any atom is 0.0597 e. The zero-order chi connectivity index (χ0) is 13.7. The summed E-state index contributed by atoms with van der Waals surface area (Å²) in [7, 11) is 0. The van der Waals surface area contributed by atoms with E-state index in [1.54, 1.807) is 0 Å². The van der Waals surface area contributed by atoms with Gasteiger partial charge in [0.25, 0.3) is 0 Å². The van der Waals surface area contributed by atoms with Gasteiger partial charge in [0, 0.05) is 31.2 Å². The molecule has 0 aromatic carbocycles. The molecule has 0 aromatic rings. The maximum atomic E-state index is 6.07. The molecule has 1 saturated heterocycles. The van der Waals surface area contributed by atoms with Gasteiger partial charge in [-0.15, -0.1) is 0 Å². The first kappa shape index (κ1) is 15.3. The van der Waals surface area contributed by atoms with Crippen molar-refractivity contribution >= 4 is 0 Å². The first-order chi connectivity index (χ1) is 9.13. The molecule has 0 amide bonds. The fourth-order valence-electron chi connectivity index (χ4n) is 3.29. The summed E-state index contributed by atoms with van der Waals surface area (Å²) >= 11 is 0. The Kier molecular flexibility index (Phi) is 5.67. The van der Waals surface area contributed by atoms with Gasteiger partial charge < -0.3 is 10.1 Å². The van der Waals surface area contributed by atoms with Gasteiger partial charge in [-0.3, -0.25) is 4.90 Å². The molecule has 1 heterocycles. The normalized spacial score (nSPS) is 34.6. The predicted molar refractivity (Wildman–Crippen MR) is 80.6 cm³/mol. The van der Waals surface area contributed by atoms with Crippen molar-refractivity contribution in [1.82, 2.24) is 10.2 Å². The summed E-state index contributed by atoms with van der Waals surface area (Å²) in [5, 5.41) is 3.68. The van der Waals surface area contributed by atoms with E-state index in [0.717, 1.165) is 26.2 Å². The van der Waals surface area contributed by atoms with Crippen molar-refractivity contribution in [2.24, 2.45) is 0 Å². The summed E-state index contributed by atoms with van der Waals surface area (Å²) in [6, 6.07) is 0.634. The molecule has 112 valence electrons. The standard InChI is InChI=1S/C16H32N2O/c1-4-16(3)13-18(14(2)12-17-16)10-11-19-15-8-6-5-7-9-15/h14-15,17H,4-13H2,1-3H3. The Labute approximate surface area is 119 Å². The molecular weight excluding hydrogens is 236 g/mol. The van der Waals surface area contributed by atoms with Crippen LogP contribution in [0.2, 0.25) is 0 Å². The molecule has 3 heteroatoms. The molecule has 2 fully saturated rings. The van der Waals surface area contributed by atoms with Crippen LogP contribution in [0.1, 0.15) is 59.3 Å². The number of nitrogens with one attached hydrogen (secondary N) is 1. The summed E-state index contributed by atoms with van der Waals surface area (Å²) in [4.78, 5) is 2.60. The lowest BCUT2D eigenvalue weighted by atomic mass is 9.94. The summed E-state index contributed by atoms with van der Waals surface area (Å²) in [5.41, 5.74) is 0.289. The van der Waals surface area contributed by atoms with Crippen molar-refractivity contribution < 1.29 is 4.74 Å². The summed E-state index contributed by atoms with van der Waals surface area (Å²) < 4.78 is 6.07. The maximum absolute atomic E-state index is 6.07. The Hall–Kier alpha value is -0.120. The number of hydrogen-bond acceptors (Lipinski definition) is 3.